The minimum Gasteiger partial charge on any atom is -0.493 e. The van der Waals surface area contributed by atoms with E-state index >= 15 is 0 Å². The van der Waals surface area contributed by atoms with Crippen molar-refractivity contribution in [2.24, 2.45) is 0 Å². The summed E-state index contributed by atoms with van der Waals surface area (Å²) in [6.45, 7) is 8.91. The van der Waals surface area contributed by atoms with Crippen LogP contribution in [0.1, 0.15) is 36.3 Å². The average Bonchev–Trinajstić information content (AvgIpc) is 2.94. The van der Waals surface area contributed by atoms with Gasteiger partial charge in [-0.3, -0.25) is 4.79 Å². The van der Waals surface area contributed by atoms with Crippen LogP contribution in [0.2, 0.25) is 0 Å². The molecule has 0 saturated carbocycles. The molecule has 1 amide bonds. The van der Waals surface area contributed by atoms with Crippen molar-refractivity contribution in [3.63, 3.8) is 0 Å². The molecule has 0 aliphatic carbocycles. The highest BCUT2D eigenvalue weighted by Gasteiger charge is 2.14. The summed E-state index contributed by atoms with van der Waals surface area (Å²) in [5, 5.41) is 3.97. The van der Waals surface area contributed by atoms with Gasteiger partial charge in [-0.1, -0.05) is 30.3 Å². The lowest BCUT2D eigenvalue weighted by Gasteiger charge is -2.11. The van der Waals surface area contributed by atoms with Gasteiger partial charge in [0.05, 0.1) is 6.61 Å². The van der Waals surface area contributed by atoms with E-state index in [-0.39, 0.29) is 5.91 Å². The van der Waals surface area contributed by atoms with Crippen molar-refractivity contribution < 1.29 is 13.9 Å². The van der Waals surface area contributed by atoms with Gasteiger partial charge in [0.25, 0.3) is 0 Å². The number of carbonyl (C=O) groups excluding carboxylic acids is 1. The Labute approximate surface area is 159 Å². The molecule has 0 aliphatic heterocycles. The fraction of sp³-hybridized carbons (Fsp3) is 0.261. The Balaban J connectivity index is 1.87. The summed E-state index contributed by atoms with van der Waals surface area (Å²) in [7, 11) is 0. The van der Waals surface area contributed by atoms with E-state index in [1.807, 2.05) is 70.2 Å². The summed E-state index contributed by atoms with van der Waals surface area (Å²) in [6, 6.07) is 13.8. The molecule has 2 aromatic carbocycles. The number of benzene rings is 2. The lowest BCUT2D eigenvalue weighted by molar-refractivity contribution is -0.116. The maximum absolute atomic E-state index is 12.4. The molecule has 1 heterocycles. The predicted molar refractivity (Wildman–Crippen MR) is 109 cm³/mol. The van der Waals surface area contributed by atoms with Gasteiger partial charge in [0.2, 0.25) is 5.91 Å². The molecule has 27 heavy (non-hydrogen) atoms. The number of furan rings is 1. The molecule has 1 N–H and O–H groups in total. The largest absolute Gasteiger partial charge is 0.493 e. The summed E-state index contributed by atoms with van der Waals surface area (Å²) in [5.41, 5.74) is 4.74. The number of nitrogens with one attached hydrogen (secondary N) is 1. The molecule has 0 aliphatic rings. The van der Waals surface area contributed by atoms with Crippen LogP contribution in [-0.4, -0.2) is 12.5 Å². The van der Waals surface area contributed by atoms with Crippen LogP contribution in [0.25, 0.3) is 16.5 Å². The van der Waals surface area contributed by atoms with E-state index in [1.54, 1.807) is 6.08 Å². The first-order chi connectivity index (χ1) is 13.0. The minimum atomic E-state index is -0.126. The van der Waals surface area contributed by atoms with Crippen LogP contribution in [0.15, 0.2) is 53.0 Å². The fourth-order valence-corrected chi connectivity index (χ4v) is 3.06. The lowest BCUT2D eigenvalue weighted by atomic mass is 10.0. The molecule has 0 saturated heterocycles. The van der Waals surface area contributed by atoms with Gasteiger partial charge >= 0.3 is 0 Å². The molecule has 0 bridgehead atoms. The Morgan fingerprint density at radius 3 is 2.63 bits per heavy atom. The molecule has 3 rings (SSSR count). The molecule has 140 valence electrons. The smallest absolute Gasteiger partial charge is 0.244 e. The van der Waals surface area contributed by atoms with E-state index in [4.69, 9.17) is 9.15 Å². The van der Waals surface area contributed by atoms with Crippen LogP contribution in [0.4, 0.5) is 0 Å². The second kappa shape index (κ2) is 8.12. The summed E-state index contributed by atoms with van der Waals surface area (Å²) in [6.07, 6.45) is 1.62. The number of hydrogen-bond donors (Lipinski definition) is 1. The van der Waals surface area contributed by atoms with Crippen LogP contribution in [0.5, 0.6) is 5.75 Å². The lowest BCUT2D eigenvalue weighted by Crippen LogP contribution is -2.20. The van der Waals surface area contributed by atoms with E-state index in [0.717, 1.165) is 44.7 Å². The topological polar surface area (TPSA) is 51.5 Å². The zero-order chi connectivity index (χ0) is 19.4. The van der Waals surface area contributed by atoms with Crippen LogP contribution in [0, 0.1) is 13.8 Å². The molecule has 0 atom stereocenters. The highest BCUT2D eigenvalue weighted by atomic mass is 16.5. The highest BCUT2D eigenvalue weighted by Crippen LogP contribution is 2.34. The van der Waals surface area contributed by atoms with Crippen molar-refractivity contribution in [3.05, 3.63) is 71.0 Å². The van der Waals surface area contributed by atoms with Crippen LogP contribution in [0.3, 0.4) is 0 Å². The maximum Gasteiger partial charge on any atom is 0.244 e. The number of aryl methyl sites for hydroxylation is 2. The number of ether oxygens (including phenoxy) is 1. The van der Waals surface area contributed by atoms with E-state index in [2.05, 4.69) is 5.32 Å². The third-order valence-electron chi connectivity index (χ3n) is 4.66. The third-order valence-corrected chi connectivity index (χ3v) is 4.66. The summed E-state index contributed by atoms with van der Waals surface area (Å²) in [4.78, 5) is 12.4. The predicted octanol–water partition coefficient (Wildman–Crippen LogP) is 5.17. The Hall–Kier alpha value is -3.01. The number of carbonyl (C=O) groups is 1. The van der Waals surface area contributed by atoms with Gasteiger partial charge in [0, 0.05) is 29.6 Å². The Kier molecular flexibility index (Phi) is 5.65. The Morgan fingerprint density at radius 1 is 1.19 bits per heavy atom. The van der Waals surface area contributed by atoms with Crippen molar-refractivity contribution >= 4 is 22.4 Å². The van der Waals surface area contributed by atoms with Crippen LogP contribution in [-0.2, 0) is 11.3 Å². The summed E-state index contributed by atoms with van der Waals surface area (Å²) >= 11 is 0. The second-order valence-electron chi connectivity index (χ2n) is 6.59. The molecule has 0 radical (unpaired) electrons. The Bertz CT molecular complexity index is 984. The molecule has 1 aromatic heterocycles. The summed E-state index contributed by atoms with van der Waals surface area (Å²) < 4.78 is 11.6. The molecule has 0 fully saturated rings. The van der Waals surface area contributed by atoms with E-state index in [1.165, 1.54) is 0 Å². The molecular weight excluding hydrogens is 338 g/mol. The molecule has 4 nitrogen and oxygen atoms in total. The molecular formula is C23H25NO3. The second-order valence-corrected chi connectivity index (χ2v) is 6.59. The van der Waals surface area contributed by atoms with Crippen molar-refractivity contribution in [3.8, 4) is 5.75 Å². The number of rotatable bonds is 6. The maximum atomic E-state index is 12.4. The first kappa shape index (κ1) is 18.8. The molecule has 0 spiro atoms. The standard InChI is InChI=1S/C23H25NO3/c1-5-26-21-13-22-20(16(3)17(4)27-22)12-19(21)15(2)11-23(25)24-14-18-9-7-6-8-10-18/h6-13H,5,14H2,1-4H3,(H,24,25)/b15-11+. The Morgan fingerprint density at radius 2 is 1.93 bits per heavy atom. The first-order valence-corrected chi connectivity index (χ1v) is 9.16. The fourth-order valence-electron chi connectivity index (χ4n) is 3.06. The van der Waals surface area contributed by atoms with E-state index in [0.29, 0.717) is 13.2 Å². The molecule has 0 unspecified atom stereocenters. The normalized spacial score (nSPS) is 11.6. The molecule has 3 aromatic rings. The number of allylic oxidation sites excluding steroid dienone is 1. The zero-order valence-corrected chi connectivity index (χ0v) is 16.3. The highest BCUT2D eigenvalue weighted by molar-refractivity contribution is 5.97. The van der Waals surface area contributed by atoms with Gasteiger partial charge in [-0.25, -0.2) is 0 Å². The monoisotopic (exact) mass is 363 g/mol. The number of amides is 1. The van der Waals surface area contributed by atoms with E-state index in [9.17, 15) is 4.79 Å². The minimum absolute atomic E-state index is 0.126. The van der Waals surface area contributed by atoms with Gasteiger partial charge < -0.3 is 14.5 Å². The average molecular weight is 363 g/mol. The van der Waals surface area contributed by atoms with Crippen molar-refractivity contribution in [2.75, 3.05) is 6.61 Å². The quantitative estimate of drug-likeness (QED) is 0.615. The summed E-state index contributed by atoms with van der Waals surface area (Å²) in [5.74, 6) is 1.49. The first-order valence-electron chi connectivity index (χ1n) is 9.16. The van der Waals surface area contributed by atoms with Gasteiger partial charge in [-0.05, 0) is 50.5 Å². The van der Waals surface area contributed by atoms with Gasteiger partial charge in [0.15, 0.2) is 0 Å². The molecule has 4 heteroatoms. The van der Waals surface area contributed by atoms with Gasteiger partial charge in [0.1, 0.15) is 17.1 Å². The zero-order valence-electron chi connectivity index (χ0n) is 16.3. The number of hydrogen-bond acceptors (Lipinski definition) is 3. The van der Waals surface area contributed by atoms with E-state index < -0.39 is 0 Å². The third kappa shape index (κ3) is 4.22. The van der Waals surface area contributed by atoms with Gasteiger partial charge in [-0.2, -0.15) is 0 Å². The van der Waals surface area contributed by atoms with Crippen molar-refractivity contribution in [1.82, 2.24) is 5.32 Å². The van der Waals surface area contributed by atoms with Gasteiger partial charge in [-0.15, -0.1) is 0 Å². The van der Waals surface area contributed by atoms with Crippen molar-refractivity contribution in [2.45, 2.75) is 34.2 Å². The van der Waals surface area contributed by atoms with Crippen LogP contribution >= 0.6 is 0 Å². The SMILES string of the molecule is CCOc1cc2oc(C)c(C)c2cc1/C(C)=C/C(=O)NCc1ccccc1. The van der Waals surface area contributed by atoms with Crippen molar-refractivity contribution in [1.29, 1.82) is 0 Å². The number of fused-ring (bicyclic) bond motifs is 1. The van der Waals surface area contributed by atoms with Crippen LogP contribution < -0.4 is 10.1 Å².